The minimum Gasteiger partial charge on any atom is -0.291 e. The van der Waals surface area contributed by atoms with E-state index in [2.05, 4.69) is 4.52 Å². The van der Waals surface area contributed by atoms with E-state index in [1.54, 1.807) is 18.2 Å². The van der Waals surface area contributed by atoms with Gasteiger partial charge >= 0.3 is 18.2 Å². The van der Waals surface area contributed by atoms with Crippen LogP contribution in [0.4, 0.5) is 8.08 Å². The highest BCUT2D eigenvalue weighted by Gasteiger charge is 2.53. The van der Waals surface area contributed by atoms with Crippen molar-refractivity contribution >= 4 is 18.2 Å². The highest BCUT2D eigenvalue weighted by molar-refractivity contribution is 7.89. The lowest BCUT2D eigenvalue weighted by molar-refractivity contribution is 0.313. The van der Waals surface area contributed by atoms with E-state index < -0.39 is 30.9 Å². The van der Waals surface area contributed by atoms with Crippen molar-refractivity contribution in [3.05, 3.63) is 35.9 Å². The van der Waals surface area contributed by atoms with Crippen molar-refractivity contribution in [2.75, 3.05) is 6.61 Å². The van der Waals surface area contributed by atoms with Crippen molar-refractivity contribution in [1.82, 2.24) is 4.08 Å². The summed E-state index contributed by atoms with van der Waals surface area (Å²) in [5.74, 6) is 0. The molecule has 17 heavy (non-hydrogen) atoms. The van der Waals surface area contributed by atoms with Crippen molar-refractivity contribution in [2.45, 2.75) is 6.04 Å². The number of rotatable bonds is 2. The molecule has 2 atom stereocenters. The van der Waals surface area contributed by atoms with Gasteiger partial charge in [-0.25, -0.2) is 4.57 Å². The minimum atomic E-state index is -5.44. The smallest absolute Gasteiger partial charge is 0.291 e. The first-order chi connectivity index (χ1) is 7.82. The zero-order valence-corrected chi connectivity index (χ0v) is 10.1. The standard InChI is InChI=1S/C8H8F2NO4PS/c9-16(12)11(17(10,13)14)8(6-15-16)7-4-2-1-3-5-7/h1-5,8H,6H2. The Bertz CT molecular complexity index is 564. The average molecular weight is 283 g/mol. The fraction of sp³-hybridized carbons (Fsp3) is 0.250. The molecular formula is C8H8F2NO4PS. The molecule has 0 amide bonds. The van der Waals surface area contributed by atoms with Gasteiger partial charge in [0, 0.05) is 0 Å². The first-order valence-electron chi connectivity index (χ1n) is 4.56. The van der Waals surface area contributed by atoms with Crippen LogP contribution in [0.1, 0.15) is 11.6 Å². The summed E-state index contributed by atoms with van der Waals surface area (Å²) in [6, 6.07) is 6.49. The Kier molecular flexibility index (Phi) is 3.07. The van der Waals surface area contributed by atoms with Crippen LogP contribution in [0, 0.1) is 0 Å². The zero-order valence-electron chi connectivity index (χ0n) is 8.36. The second-order valence-electron chi connectivity index (χ2n) is 3.39. The Morgan fingerprint density at radius 3 is 2.47 bits per heavy atom. The molecule has 9 heteroatoms. The van der Waals surface area contributed by atoms with Crippen molar-refractivity contribution in [1.29, 1.82) is 0 Å². The summed E-state index contributed by atoms with van der Waals surface area (Å²) in [7, 11) is -10.6. The molecule has 94 valence electrons. The van der Waals surface area contributed by atoms with E-state index in [1.807, 2.05) is 0 Å². The number of halogens is 2. The average Bonchev–Trinajstić information content (AvgIpc) is 2.55. The molecule has 1 aliphatic heterocycles. The summed E-state index contributed by atoms with van der Waals surface area (Å²) in [4.78, 5) is 0. The van der Waals surface area contributed by atoms with Crippen LogP contribution in [0.5, 0.6) is 0 Å². The molecule has 1 aromatic carbocycles. The van der Waals surface area contributed by atoms with Gasteiger partial charge in [-0.15, -0.1) is 4.20 Å². The van der Waals surface area contributed by atoms with E-state index in [-0.39, 0.29) is 4.08 Å². The van der Waals surface area contributed by atoms with Crippen molar-refractivity contribution in [3.63, 3.8) is 0 Å². The second kappa shape index (κ2) is 4.13. The van der Waals surface area contributed by atoms with Crippen LogP contribution < -0.4 is 0 Å². The van der Waals surface area contributed by atoms with Gasteiger partial charge in [0.1, 0.15) is 0 Å². The van der Waals surface area contributed by atoms with E-state index in [0.717, 1.165) is 0 Å². The van der Waals surface area contributed by atoms with E-state index in [4.69, 9.17) is 0 Å². The predicted molar refractivity (Wildman–Crippen MR) is 55.7 cm³/mol. The molecule has 2 rings (SSSR count). The highest BCUT2D eigenvalue weighted by Crippen LogP contribution is 2.63. The van der Waals surface area contributed by atoms with Crippen LogP contribution >= 0.6 is 7.83 Å². The van der Waals surface area contributed by atoms with E-state index in [0.29, 0.717) is 5.56 Å². The Labute approximate surface area is 97.0 Å². The number of nitrogens with zero attached hydrogens (tertiary/aromatic N) is 1. The number of benzene rings is 1. The molecule has 0 N–H and O–H groups in total. The summed E-state index contributed by atoms with van der Waals surface area (Å²) >= 11 is 0. The monoisotopic (exact) mass is 283 g/mol. The van der Waals surface area contributed by atoms with Gasteiger partial charge in [-0.05, 0) is 5.56 Å². The molecule has 1 aromatic rings. The van der Waals surface area contributed by atoms with Gasteiger partial charge in [0.25, 0.3) is 0 Å². The number of hydrogen-bond acceptors (Lipinski definition) is 4. The zero-order chi connectivity index (χ0) is 12.7. The summed E-state index contributed by atoms with van der Waals surface area (Å²) in [6.45, 7) is -0.485. The van der Waals surface area contributed by atoms with Gasteiger partial charge in [-0.1, -0.05) is 38.3 Å². The van der Waals surface area contributed by atoms with E-state index in [1.165, 1.54) is 12.1 Å². The first kappa shape index (κ1) is 12.6. The fourth-order valence-electron chi connectivity index (χ4n) is 1.62. The van der Waals surface area contributed by atoms with Gasteiger partial charge < -0.3 is 0 Å². The Hall–Kier alpha value is -0.820. The molecule has 0 saturated carbocycles. The Morgan fingerprint density at radius 1 is 1.35 bits per heavy atom. The molecule has 0 bridgehead atoms. The third-order valence-corrected chi connectivity index (χ3v) is 5.39. The van der Waals surface area contributed by atoms with Crippen LogP contribution in [0.25, 0.3) is 0 Å². The normalized spacial score (nSPS) is 30.6. The lowest BCUT2D eigenvalue weighted by Gasteiger charge is -2.17. The maximum absolute atomic E-state index is 13.3. The molecular weight excluding hydrogens is 275 g/mol. The summed E-state index contributed by atoms with van der Waals surface area (Å²) in [5.41, 5.74) is 0.309. The van der Waals surface area contributed by atoms with Crippen LogP contribution in [0.15, 0.2) is 30.3 Å². The molecule has 0 aliphatic carbocycles. The minimum absolute atomic E-state index is 0.309. The first-order valence-corrected chi connectivity index (χ1v) is 7.37. The Morgan fingerprint density at radius 2 is 1.94 bits per heavy atom. The quantitative estimate of drug-likeness (QED) is 0.617. The maximum Gasteiger partial charge on any atom is 0.461 e. The van der Waals surface area contributed by atoms with Gasteiger partial charge in [-0.2, -0.15) is 8.42 Å². The molecule has 0 aromatic heterocycles. The molecule has 1 aliphatic rings. The molecule has 2 unspecified atom stereocenters. The maximum atomic E-state index is 13.3. The summed E-state index contributed by atoms with van der Waals surface area (Å²) in [6.07, 6.45) is 0. The third-order valence-electron chi connectivity index (χ3n) is 2.30. The molecule has 0 spiro atoms. The van der Waals surface area contributed by atoms with E-state index in [9.17, 15) is 21.1 Å². The van der Waals surface area contributed by atoms with Crippen LogP contribution in [-0.2, 0) is 19.5 Å². The van der Waals surface area contributed by atoms with Crippen LogP contribution in [-0.4, -0.2) is 19.1 Å². The Balaban J connectivity index is 2.47. The molecule has 5 nitrogen and oxygen atoms in total. The number of hydrogen-bond donors (Lipinski definition) is 0. The summed E-state index contributed by atoms with van der Waals surface area (Å²) in [5, 5.41) is 0. The van der Waals surface area contributed by atoms with Gasteiger partial charge in [0.15, 0.2) is 0 Å². The van der Waals surface area contributed by atoms with Gasteiger partial charge in [-0.3, -0.25) is 4.52 Å². The fourth-order valence-corrected chi connectivity index (χ4v) is 4.15. The molecule has 0 radical (unpaired) electrons. The van der Waals surface area contributed by atoms with Crippen molar-refractivity contribution in [2.24, 2.45) is 0 Å². The molecule has 1 saturated heterocycles. The second-order valence-corrected chi connectivity index (χ2v) is 6.47. The van der Waals surface area contributed by atoms with Crippen molar-refractivity contribution in [3.8, 4) is 0 Å². The predicted octanol–water partition coefficient (Wildman–Crippen LogP) is 2.35. The molecule has 1 fully saturated rings. The lowest BCUT2D eigenvalue weighted by atomic mass is 10.1. The van der Waals surface area contributed by atoms with Crippen LogP contribution in [0.3, 0.4) is 0 Å². The van der Waals surface area contributed by atoms with E-state index >= 15 is 0 Å². The van der Waals surface area contributed by atoms with Gasteiger partial charge in [0.2, 0.25) is 0 Å². The third kappa shape index (κ3) is 2.40. The SMILES string of the molecule is O=P1(F)OCC(c2ccccc2)N1S(=O)(=O)F. The topological polar surface area (TPSA) is 63.7 Å². The largest absolute Gasteiger partial charge is 0.461 e. The van der Waals surface area contributed by atoms with Crippen molar-refractivity contribution < 1.29 is 25.6 Å². The lowest BCUT2D eigenvalue weighted by Crippen LogP contribution is -2.24. The van der Waals surface area contributed by atoms with Gasteiger partial charge in [0.05, 0.1) is 12.6 Å². The summed E-state index contributed by atoms with van der Waals surface area (Å²) < 4.78 is 63.0. The van der Waals surface area contributed by atoms with Crippen LogP contribution in [0.2, 0.25) is 0 Å². The molecule has 1 heterocycles. The highest BCUT2D eigenvalue weighted by atomic mass is 32.3.